The Bertz CT molecular complexity index is 304. The summed E-state index contributed by atoms with van der Waals surface area (Å²) in [4.78, 5) is 24.6. The molecule has 0 radical (unpaired) electrons. The summed E-state index contributed by atoms with van der Waals surface area (Å²) in [6.07, 6.45) is 1.68. The minimum absolute atomic E-state index is 0.0336. The van der Waals surface area contributed by atoms with Crippen molar-refractivity contribution in [2.45, 2.75) is 50.9 Å². The van der Waals surface area contributed by atoms with Crippen LogP contribution in [0.1, 0.15) is 32.6 Å². The molecule has 16 heavy (non-hydrogen) atoms. The molecule has 1 N–H and O–H groups in total. The molecule has 0 aliphatic carbocycles. The summed E-state index contributed by atoms with van der Waals surface area (Å²) >= 11 is 0. The fraction of sp³-hybridized carbons (Fsp3) is 0.818. The number of carbonyl (C=O) groups is 2. The summed E-state index contributed by atoms with van der Waals surface area (Å²) in [6, 6.07) is 0.264. The lowest BCUT2D eigenvalue weighted by Crippen LogP contribution is -2.41. The van der Waals surface area contributed by atoms with Crippen molar-refractivity contribution >= 4 is 11.9 Å². The quantitative estimate of drug-likeness (QED) is 0.751. The van der Waals surface area contributed by atoms with Gasteiger partial charge in [0.1, 0.15) is 6.10 Å². The maximum Gasteiger partial charge on any atom is 0.332 e. The smallest absolute Gasteiger partial charge is 0.332 e. The van der Waals surface area contributed by atoms with Gasteiger partial charge in [0.2, 0.25) is 0 Å². The van der Waals surface area contributed by atoms with Crippen LogP contribution in [-0.4, -0.2) is 46.7 Å². The summed E-state index contributed by atoms with van der Waals surface area (Å²) < 4.78 is 5.25. The van der Waals surface area contributed by atoms with Crippen LogP contribution in [0.2, 0.25) is 0 Å². The first-order valence-corrected chi connectivity index (χ1v) is 5.78. The minimum Gasteiger partial charge on any atom is -0.479 e. The van der Waals surface area contributed by atoms with E-state index in [0.717, 1.165) is 19.4 Å². The Morgan fingerprint density at radius 1 is 1.25 bits per heavy atom. The van der Waals surface area contributed by atoms with Crippen LogP contribution in [0, 0.1) is 0 Å². The second-order valence-corrected chi connectivity index (χ2v) is 4.55. The van der Waals surface area contributed by atoms with Gasteiger partial charge < -0.3 is 14.7 Å². The molecule has 2 aliphatic rings. The van der Waals surface area contributed by atoms with Crippen LogP contribution in [0.25, 0.3) is 0 Å². The zero-order chi connectivity index (χ0) is 11.7. The van der Waals surface area contributed by atoms with Crippen molar-refractivity contribution in [1.29, 1.82) is 0 Å². The molecule has 2 heterocycles. The van der Waals surface area contributed by atoms with Gasteiger partial charge in [-0.15, -0.1) is 0 Å². The lowest BCUT2D eigenvalue weighted by Gasteiger charge is -2.24. The third-order valence-corrected chi connectivity index (χ3v) is 3.41. The maximum atomic E-state index is 12.0. The first-order valence-electron chi connectivity index (χ1n) is 5.78. The van der Waals surface area contributed by atoms with Crippen LogP contribution in [0.5, 0.6) is 0 Å². The van der Waals surface area contributed by atoms with Crippen LogP contribution in [0.4, 0.5) is 0 Å². The summed E-state index contributed by atoms with van der Waals surface area (Å²) in [7, 11) is 0. The molecule has 3 unspecified atom stereocenters. The summed E-state index contributed by atoms with van der Waals surface area (Å²) in [6.45, 7) is 2.80. The number of rotatable bonds is 2. The molecular weight excluding hydrogens is 210 g/mol. The average Bonchev–Trinajstić information content (AvgIpc) is 2.84. The van der Waals surface area contributed by atoms with E-state index in [-0.39, 0.29) is 11.9 Å². The average molecular weight is 227 g/mol. The largest absolute Gasteiger partial charge is 0.479 e. The van der Waals surface area contributed by atoms with Crippen molar-refractivity contribution in [1.82, 2.24) is 4.90 Å². The third kappa shape index (κ3) is 2.04. The Balaban J connectivity index is 1.94. The van der Waals surface area contributed by atoms with Crippen LogP contribution < -0.4 is 0 Å². The van der Waals surface area contributed by atoms with Crippen molar-refractivity contribution in [2.75, 3.05) is 6.54 Å². The number of hydrogen-bond acceptors (Lipinski definition) is 3. The molecule has 0 saturated carbocycles. The third-order valence-electron chi connectivity index (χ3n) is 3.41. The number of hydrogen-bond donors (Lipinski definition) is 1. The normalized spacial score (nSPS) is 34.3. The van der Waals surface area contributed by atoms with Crippen molar-refractivity contribution in [2.24, 2.45) is 0 Å². The molecule has 0 aromatic rings. The topological polar surface area (TPSA) is 66.8 Å². The summed E-state index contributed by atoms with van der Waals surface area (Å²) in [5, 5.41) is 8.78. The number of amides is 1. The van der Waals surface area contributed by atoms with Crippen LogP contribution in [0.15, 0.2) is 0 Å². The standard InChI is InChI=1S/C11H17NO4/c1-7-3-2-6-12(7)10(13)8-4-5-9(16-8)11(14)15/h7-9H,2-6H2,1H3,(H,14,15). The van der Waals surface area contributed by atoms with E-state index in [4.69, 9.17) is 9.84 Å². The molecule has 0 aromatic carbocycles. The van der Waals surface area contributed by atoms with E-state index < -0.39 is 18.2 Å². The predicted molar refractivity (Wildman–Crippen MR) is 55.9 cm³/mol. The fourth-order valence-corrected chi connectivity index (χ4v) is 2.45. The molecule has 0 bridgehead atoms. The Morgan fingerprint density at radius 3 is 2.44 bits per heavy atom. The number of aliphatic carboxylic acids is 1. The van der Waals surface area contributed by atoms with E-state index in [0.29, 0.717) is 12.8 Å². The van der Waals surface area contributed by atoms with Crippen LogP contribution in [-0.2, 0) is 14.3 Å². The van der Waals surface area contributed by atoms with Crippen molar-refractivity contribution in [3.63, 3.8) is 0 Å². The molecule has 2 saturated heterocycles. The molecule has 2 rings (SSSR count). The Morgan fingerprint density at radius 2 is 1.94 bits per heavy atom. The highest BCUT2D eigenvalue weighted by Gasteiger charge is 2.38. The number of nitrogens with zero attached hydrogens (tertiary/aromatic N) is 1. The monoisotopic (exact) mass is 227 g/mol. The van der Waals surface area contributed by atoms with Gasteiger partial charge in [0.15, 0.2) is 6.10 Å². The van der Waals surface area contributed by atoms with Gasteiger partial charge >= 0.3 is 5.97 Å². The minimum atomic E-state index is -0.968. The number of likely N-dealkylation sites (tertiary alicyclic amines) is 1. The van der Waals surface area contributed by atoms with Crippen molar-refractivity contribution < 1.29 is 19.4 Å². The molecular formula is C11H17NO4. The van der Waals surface area contributed by atoms with Crippen LogP contribution >= 0.6 is 0 Å². The summed E-state index contributed by atoms with van der Waals surface area (Å²) in [5.74, 6) is -1.00. The molecule has 5 heteroatoms. The van der Waals surface area contributed by atoms with Gasteiger partial charge in [-0.25, -0.2) is 4.79 Å². The zero-order valence-corrected chi connectivity index (χ0v) is 9.39. The highest BCUT2D eigenvalue weighted by Crippen LogP contribution is 2.25. The number of carbonyl (C=O) groups excluding carboxylic acids is 1. The number of carboxylic acid groups (broad SMARTS) is 1. The molecule has 3 atom stereocenters. The molecule has 0 aromatic heterocycles. The van der Waals surface area contributed by atoms with E-state index in [1.807, 2.05) is 11.8 Å². The van der Waals surface area contributed by atoms with Gasteiger partial charge in [-0.3, -0.25) is 4.79 Å². The van der Waals surface area contributed by atoms with E-state index >= 15 is 0 Å². The maximum absolute atomic E-state index is 12.0. The molecule has 1 amide bonds. The Hall–Kier alpha value is -1.10. The van der Waals surface area contributed by atoms with Gasteiger partial charge in [-0.2, -0.15) is 0 Å². The molecule has 90 valence electrons. The van der Waals surface area contributed by atoms with Gasteiger partial charge in [-0.05, 0) is 32.6 Å². The van der Waals surface area contributed by atoms with E-state index in [1.54, 1.807) is 0 Å². The van der Waals surface area contributed by atoms with Crippen LogP contribution in [0.3, 0.4) is 0 Å². The molecule has 2 aliphatic heterocycles. The van der Waals surface area contributed by atoms with Gasteiger partial charge in [-0.1, -0.05) is 0 Å². The van der Waals surface area contributed by atoms with E-state index in [9.17, 15) is 9.59 Å². The van der Waals surface area contributed by atoms with Crippen molar-refractivity contribution in [3.8, 4) is 0 Å². The van der Waals surface area contributed by atoms with E-state index in [1.165, 1.54) is 0 Å². The van der Waals surface area contributed by atoms with Gasteiger partial charge in [0.05, 0.1) is 0 Å². The second-order valence-electron chi connectivity index (χ2n) is 4.55. The van der Waals surface area contributed by atoms with Crippen molar-refractivity contribution in [3.05, 3.63) is 0 Å². The predicted octanol–water partition coefficient (Wildman–Crippen LogP) is 0.629. The highest BCUT2D eigenvalue weighted by molar-refractivity contribution is 5.83. The van der Waals surface area contributed by atoms with Gasteiger partial charge in [0, 0.05) is 12.6 Å². The first kappa shape index (κ1) is 11.4. The number of carboxylic acids is 1. The van der Waals surface area contributed by atoms with E-state index in [2.05, 4.69) is 0 Å². The Labute approximate surface area is 94.4 Å². The molecule has 5 nitrogen and oxygen atoms in total. The zero-order valence-electron chi connectivity index (χ0n) is 9.39. The molecule has 2 fully saturated rings. The fourth-order valence-electron chi connectivity index (χ4n) is 2.45. The molecule has 0 spiro atoms. The highest BCUT2D eigenvalue weighted by atomic mass is 16.5. The first-order chi connectivity index (χ1) is 7.59. The van der Waals surface area contributed by atoms with Gasteiger partial charge in [0.25, 0.3) is 5.91 Å². The Kier molecular flexibility index (Phi) is 3.14. The lowest BCUT2D eigenvalue weighted by atomic mass is 10.1. The summed E-state index contributed by atoms with van der Waals surface area (Å²) in [5.41, 5.74) is 0. The lowest BCUT2D eigenvalue weighted by molar-refractivity contribution is -0.155. The number of ether oxygens (including phenoxy) is 1. The second kappa shape index (κ2) is 4.41. The SMILES string of the molecule is CC1CCCN1C(=O)C1CCC(C(=O)O)O1.